The summed E-state index contributed by atoms with van der Waals surface area (Å²) < 4.78 is 55.3. The van der Waals surface area contributed by atoms with Gasteiger partial charge in [0.05, 0.1) is 29.0 Å². The molecule has 0 saturated carbocycles. The van der Waals surface area contributed by atoms with Gasteiger partial charge in [-0.2, -0.15) is 0 Å². The quantitative estimate of drug-likeness (QED) is 0.286. The van der Waals surface area contributed by atoms with Gasteiger partial charge in [0.25, 0.3) is 0 Å². The van der Waals surface area contributed by atoms with E-state index in [9.17, 15) is 26.4 Å². The summed E-state index contributed by atoms with van der Waals surface area (Å²) >= 11 is 6.70. The molecule has 1 atom stereocenters. The molecule has 14 heteroatoms. The monoisotopic (exact) mass is 686 g/mol. The number of nitrogens with one attached hydrogen (secondary N) is 2. The van der Waals surface area contributed by atoms with Gasteiger partial charge in [0, 0.05) is 35.6 Å². The summed E-state index contributed by atoms with van der Waals surface area (Å²) in [4.78, 5) is 28.2. The molecular weight excluding hydrogens is 652 g/mol. The predicted molar refractivity (Wildman–Crippen MR) is 177 cm³/mol. The minimum Gasteiger partial charge on any atom is -0.448 e. The number of amides is 1. The Kier molecular flexibility index (Phi) is 9.24. The highest BCUT2D eigenvalue weighted by molar-refractivity contribution is 7.92. The summed E-state index contributed by atoms with van der Waals surface area (Å²) in [6.07, 6.45) is 3.37. The van der Waals surface area contributed by atoms with Crippen molar-refractivity contribution in [1.82, 2.24) is 10.2 Å². The Morgan fingerprint density at radius 1 is 1.04 bits per heavy atom. The number of likely N-dealkylation sites (tertiary alicyclic amines) is 1. The van der Waals surface area contributed by atoms with Crippen LogP contribution in [-0.2, 0) is 40.7 Å². The van der Waals surface area contributed by atoms with E-state index >= 15 is 0 Å². The summed E-state index contributed by atoms with van der Waals surface area (Å²) in [5, 5.41) is 3.20. The number of benzene rings is 3. The Bertz CT molecular complexity index is 1960. The van der Waals surface area contributed by atoms with Gasteiger partial charge in [-0.1, -0.05) is 35.9 Å². The van der Waals surface area contributed by atoms with Crippen LogP contribution in [0.15, 0.2) is 71.3 Å². The zero-order valence-corrected chi connectivity index (χ0v) is 28.0. The van der Waals surface area contributed by atoms with Crippen molar-refractivity contribution < 1.29 is 31.2 Å². The van der Waals surface area contributed by atoms with Gasteiger partial charge >= 0.3 is 5.97 Å². The van der Waals surface area contributed by atoms with Gasteiger partial charge in [-0.25, -0.2) is 21.6 Å². The summed E-state index contributed by atoms with van der Waals surface area (Å²) in [6, 6.07) is 16.6. The van der Waals surface area contributed by atoms with Gasteiger partial charge in [0.1, 0.15) is 0 Å². The Balaban J connectivity index is 1.30. The Morgan fingerprint density at radius 3 is 2.43 bits per heavy atom. The number of hydrogen-bond donors (Lipinski definition) is 3. The SMILES string of the molecule is Cc1cc(-c2cccc(S(C)(=O)=O)c2)c(Cl)cc1C1=C(N)C2(CCCN(CC(=O)NCc3ccc(NS(C)(=O)=O)cc3)C2)OC1=O. The number of aryl methyl sites for hydroxylation is 1. The maximum absolute atomic E-state index is 13.3. The average molecular weight is 687 g/mol. The van der Waals surface area contributed by atoms with Crippen molar-refractivity contribution in [1.29, 1.82) is 0 Å². The third-order valence-corrected chi connectivity index (χ3v) is 10.1. The van der Waals surface area contributed by atoms with Crippen molar-refractivity contribution in [2.24, 2.45) is 5.73 Å². The second-order valence-corrected chi connectivity index (χ2v) is 16.0. The highest BCUT2D eigenvalue weighted by Crippen LogP contribution is 2.43. The molecule has 1 saturated heterocycles. The number of nitrogens with two attached hydrogens (primary N) is 1. The first-order valence-electron chi connectivity index (χ1n) is 14.4. The zero-order valence-electron chi connectivity index (χ0n) is 25.6. The van der Waals surface area contributed by atoms with Gasteiger partial charge in [-0.3, -0.25) is 14.4 Å². The number of ether oxygens (including phenoxy) is 1. The second kappa shape index (κ2) is 12.7. The molecule has 0 bridgehead atoms. The van der Waals surface area contributed by atoms with E-state index in [1.165, 1.54) is 6.07 Å². The maximum Gasteiger partial charge on any atom is 0.341 e. The van der Waals surface area contributed by atoms with E-state index in [0.29, 0.717) is 52.4 Å². The largest absolute Gasteiger partial charge is 0.448 e. The zero-order chi connectivity index (χ0) is 33.4. The molecule has 1 unspecified atom stereocenters. The normalized spacial score (nSPS) is 18.9. The molecule has 5 rings (SSSR count). The fourth-order valence-electron chi connectivity index (χ4n) is 5.85. The van der Waals surface area contributed by atoms with Gasteiger partial charge in [0.2, 0.25) is 15.9 Å². The lowest BCUT2D eigenvalue weighted by molar-refractivity contribution is -0.149. The molecule has 11 nitrogen and oxygen atoms in total. The average Bonchev–Trinajstić information content (AvgIpc) is 3.20. The number of anilines is 1. The van der Waals surface area contributed by atoms with Crippen LogP contribution in [0.1, 0.15) is 29.5 Å². The molecule has 4 N–H and O–H groups in total. The number of rotatable bonds is 9. The first-order chi connectivity index (χ1) is 21.5. The molecule has 46 heavy (non-hydrogen) atoms. The number of nitrogens with zero attached hydrogens (tertiary/aromatic N) is 1. The van der Waals surface area contributed by atoms with Crippen molar-refractivity contribution in [3.63, 3.8) is 0 Å². The highest BCUT2D eigenvalue weighted by atomic mass is 35.5. The molecular formula is C32H35ClN4O7S2. The number of esters is 1. The Labute approximate surface area is 273 Å². The molecule has 2 heterocycles. The van der Waals surface area contributed by atoms with Crippen LogP contribution in [0.2, 0.25) is 5.02 Å². The third kappa shape index (κ3) is 7.38. The molecule has 1 fully saturated rings. The van der Waals surface area contributed by atoms with E-state index in [2.05, 4.69) is 10.0 Å². The number of hydrogen-bond acceptors (Lipinski definition) is 9. The lowest BCUT2D eigenvalue weighted by Crippen LogP contribution is -2.53. The molecule has 1 amide bonds. The standard InChI is InChI=1S/C32H35ClN4O7S2/c1-20-14-26(22-6-4-7-24(15-22)45(2,40)41)27(33)16-25(20)29-30(34)32(44-31(29)39)12-5-13-37(19-32)18-28(38)35-17-21-8-10-23(11-9-21)36-46(3,42)43/h4,6-11,14-16,36H,5,12-13,17-19,34H2,1-3H3,(H,35,38). The molecule has 1 spiro atoms. The lowest BCUT2D eigenvalue weighted by atomic mass is 9.86. The second-order valence-electron chi connectivity index (χ2n) is 11.8. The molecule has 0 aliphatic carbocycles. The molecule has 0 aromatic heterocycles. The van der Waals surface area contributed by atoms with Crippen LogP contribution >= 0.6 is 11.6 Å². The number of piperidine rings is 1. The van der Waals surface area contributed by atoms with Crippen LogP contribution in [-0.4, -0.2) is 71.4 Å². The van der Waals surface area contributed by atoms with Crippen LogP contribution in [0.3, 0.4) is 0 Å². The van der Waals surface area contributed by atoms with Gasteiger partial charge < -0.3 is 15.8 Å². The summed E-state index contributed by atoms with van der Waals surface area (Å²) in [7, 11) is -6.80. The van der Waals surface area contributed by atoms with Crippen LogP contribution in [0, 0.1) is 6.92 Å². The van der Waals surface area contributed by atoms with Crippen molar-refractivity contribution in [3.8, 4) is 11.1 Å². The predicted octanol–water partition coefficient (Wildman–Crippen LogP) is 3.47. The van der Waals surface area contributed by atoms with Crippen LogP contribution in [0.25, 0.3) is 16.7 Å². The number of halogens is 1. The highest BCUT2D eigenvalue weighted by Gasteiger charge is 2.49. The van der Waals surface area contributed by atoms with Crippen LogP contribution in [0.4, 0.5) is 5.69 Å². The number of carbonyl (C=O) groups excluding carboxylic acids is 2. The summed E-state index contributed by atoms with van der Waals surface area (Å²) in [5.41, 5.74) is 9.82. The minimum atomic E-state index is -3.42. The molecule has 3 aromatic rings. The van der Waals surface area contributed by atoms with Crippen molar-refractivity contribution in [2.75, 3.05) is 36.9 Å². The third-order valence-electron chi connectivity index (χ3n) is 8.06. The van der Waals surface area contributed by atoms with E-state index in [1.807, 2.05) is 11.8 Å². The van der Waals surface area contributed by atoms with E-state index in [-0.39, 0.29) is 41.7 Å². The van der Waals surface area contributed by atoms with E-state index in [0.717, 1.165) is 18.1 Å². The minimum absolute atomic E-state index is 0.0712. The van der Waals surface area contributed by atoms with Crippen molar-refractivity contribution in [2.45, 2.75) is 36.8 Å². The number of sulfonamides is 1. The molecule has 0 radical (unpaired) electrons. The Morgan fingerprint density at radius 2 is 1.76 bits per heavy atom. The van der Waals surface area contributed by atoms with E-state index in [4.69, 9.17) is 22.1 Å². The molecule has 244 valence electrons. The maximum atomic E-state index is 13.3. The number of carbonyl (C=O) groups is 2. The molecule has 3 aromatic carbocycles. The topological polar surface area (TPSA) is 165 Å². The summed E-state index contributed by atoms with van der Waals surface area (Å²) in [6.45, 7) is 3.01. The van der Waals surface area contributed by atoms with Gasteiger partial charge in [0.15, 0.2) is 15.4 Å². The Hall–Kier alpha value is -3.91. The first-order valence-corrected chi connectivity index (χ1v) is 18.6. The van der Waals surface area contributed by atoms with Gasteiger partial charge in [-0.15, -0.1) is 0 Å². The van der Waals surface area contributed by atoms with Crippen LogP contribution < -0.4 is 15.8 Å². The van der Waals surface area contributed by atoms with Crippen LogP contribution in [0.5, 0.6) is 0 Å². The summed E-state index contributed by atoms with van der Waals surface area (Å²) in [5.74, 6) is -0.788. The van der Waals surface area contributed by atoms with Crippen molar-refractivity contribution >= 4 is 54.6 Å². The van der Waals surface area contributed by atoms with E-state index in [1.54, 1.807) is 54.6 Å². The number of sulfone groups is 1. The first kappa shape index (κ1) is 33.5. The van der Waals surface area contributed by atoms with Gasteiger partial charge in [-0.05, 0) is 85.0 Å². The molecule has 2 aliphatic heterocycles. The molecule has 2 aliphatic rings. The fraction of sp³-hybridized carbons (Fsp3) is 0.312. The van der Waals surface area contributed by atoms with E-state index < -0.39 is 31.4 Å². The smallest absolute Gasteiger partial charge is 0.341 e. The lowest BCUT2D eigenvalue weighted by Gasteiger charge is -2.39. The van der Waals surface area contributed by atoms with Crippen molar-refractivity contribution in [3.05, 3.63) is 88.1 Å². The fourth-order valence-corrected chi connectivity index (χ4v) is 7.36.